The predicted molar refractivity (Wildman–Crippen MR) is 65.9 cm³/mol. The quantitative estimate of drug-likeness (QED) is 0.704. The highest BCUT2D eigenvalue weighted by Crippen LogP contribution is 2.36. The first-order chi connectivity index (χ1) is 9.19. The lowest BCUT2D eigenvalue weighted by Gasteiger charge is -2.09. The van der Waals surface area contributed by atoms with Crippen LogP contribution in [0, 0.1) is 0 Å². The fraction of sp³-hybridized carbons (Fsp3) is 0.273. The molecule has 5 nitrogen and oxygen atoms in total. The van der Waals surface area contributed by atoms with Crippen molar-refractivity contribution < 1.29 is 27.9 Å². The van der Waals surface area contributed by atoms with E-state index in [1.165, 1.54) is 12.1 Å². The van der Waals surface area contributed by atoms with Gasteiger partial charge in [-0.3, -0.25) is 9.59 Å². The Bertz CT molecular complexity index is 491. The average molecular weight is 308 g/mol. The molecule has 1 atom stereocenters. The Morgan fingerprint density at radius 2 is 1.85 bits per heavy atom. The summed E-state index contributed by atoms with van der Waals surface area (Å²) in [5.74, 6) is -1.61. The number of thioether (sulfide) groups is 1. The number of carbonyl (C=O) groups excluding carboxylic acids is 2. The second kappa shape index (κ2) is 6.62. The van der Waals surface area contributed by atoms with Gasteiger partial charge in [-0.05, 0) is 36.0 Å². The summed E-state index contributed by atoms with van der Waals surface area (Å²) in [5.41, 5.74) is 0.501. The zero-order valence-corrected chi connectivity index (χ0v) is 10.8. The third-order valence-electron chi connectivity index (χ3n) is 2.13. The highest BCUT2D eigenvalue weighted by atomic mass is 32.2. The van der Waals surface area contributed by atoms with Gasteiger partial charge in [-0.1, -0.05) is 0 Å². The van der Waals surface area contributed by atoms with E-state index in [2.05, 4.69) is 5.32 Å². The molecule has 1 aromatic carbocycles. The summed E-state index contributed by atoms with van der Waals surface area (Å²) in [5, 5.41) is 11.3. The van der Waals surface area contributed by atoms with Crippen molar-refractivity contribution in [2.75, 3.05) is 6.54 Å². The molecule has 1 rings (SSSR count). The van der Waals surface area contributed by atoms with Crippen molar-refractivity contribution >= 4 is 23.6 Å². The largest absolute Gasteiger partial charge is 0.446 e. The molecule has 0 aliphatic carbocycles. The van der Waals surface area contributed by atoms with Gasteiger partial charge in [0.15, 0.2) is 0 Å². The number of benzene rings is 1. The van der Waals surface area contributed by atoms with E-state index in [9.17, 15) is 22.8 Å². The minimum Gasteiger partial charge on any atom is -0.381 e. The molecular formula is C11H11F3N2O3S. The molecule has 110 valence electrons. The summed E-state index contributed by atoms with van der Waals surface area (Å²) < 4.78 is 36.3. The van der Waals surface area contributed by atoms with Gasteiger partial charge < -0.3 is 16.2 Å². The number of rotatable bonds is 5. The van der Waals surface area contributed by atoms with E-state index >= 15 is 0 Å². The molecule has 0 aliphatic heterocycles. The maximum Gasteiger partial charge on any atom is 0.446 e. The molecular weight excluding hydrogens is 297 g/mol. The Hall–Kier alpha value is -1.74. The van der Waals surface area contributed by atoms with Crippen LogP contribution in [0.4, 0.5) is 13.2 Å². The van der Waals surface area contributed by atoms with Crippen molar-refractivity contribution in [3.63, 3.8) is 0 Å². The first kappa shape index (κ1) is 16.3. The lowest BCUT2D eigenvalue weighted by atomic mass is 10.2. The van der Waals surface area contributed by atoms with Gasteiger partial charge >= 0.3 is 5.51 Å². The summed E-state index contributed by atoms with van der Waals surface area (Å²) in [6, 6.07) is 4.72. The third-order valence-corrected chi connectivity index (χ3v) is 2.87. The van der Waals surface area contributed by atoms with Crippen LogP contribution in [0.5, 0.6) is 0 Å². The topological polar surface area (TPSA) is 92.4 Å². The maximum atomic E-state index is 12.1. The van der Waals surface area contributed by atoms with Gasteiger partial charge in [0.1, 0.15) is 6.10 Å². The predicted octanol–water partition coefficient (Wildman–Crippen LogP) is 0.875. The normalized spacial score (nSPS) is 12.8. The van der Waals surface area contributed by atoms with Crippen LogP contribution in [0.3, 0.4) is 0 Å². The van der Waals surface area contributed by atoms with E-state index in [0.717, 1.165) is 12.1 Å². The number of primary amides is 1. The van der Waals surface area contributed by atoms with Gasteiger partial charge in [-0.25, -0.2) is 0 Å². The summed E-state index contributed by atoms with van der Waals surface area (Å²) in [6.07, 6.45) is -1.51. The minimum absolute atomic E-state index is 0.0498. The number of alkyl halides is 3. The van der Waals surface area contributed by atoms with Crippen LogP contribution in [0.15, 0.2) is 29.2 Å². The van der Waals surface area contributed by atoms with Gasteiger partial charge in [0.05, 0.1) is 6.54 Å². The molecule has 0 bridgehead atoms. The fourth-order valence-electron chi connectivity index (χ4n) is 1.20. The van der Waals surface area contributed by atoms with Crippen molar-refractivity contribution in [2.45, 2.75) is 16.5 Å². The van der Waals surface area contributed by atoms with Gasteiger partial charge in [-0.15, -0.1) is 0 Å². The van der Waals surface area contributed by atoms with Crippen molar-refractivity contribution in [2.24, 2.45) is 5.73 Å². The Morgan fingerprint density at radius 1 is 1.30 bits per heavy atom. The summed E-state index contributed by atoms with van der Waals surface area (Å²) in [4.78, 5) is 22.1. The zero-order chi connectivity index (χ0) is 15.3. The molecule has 2 amide bonds. The summed E-state index contributed by atoms with van der Waals surface area (Å²) in [7, 11) is 0. The van der Waals surface area contributed by atoms with Crippen LogP contribution in [0.25, 0.3) is 0 Å². The Kier molecular flexibility index (Phi) is 5.40. The maximum absolute atomic E-state index is 12.1. The highest BCUT2D eigenvalue weighted by molar-refractivity contribution is 8.00. The van der Waals surface area contributed by atoms with E-state index in [0.29, 0.717) is 0 Å². The molecule has 0 aromatic heterocycles. The molecule has 0 saturated carbocycles. The molecule has 0 spiro atoms. The van der Waals surface area contributed by atoms with Crippen LogP contribution >= 0.6 is 11.8 Å². The average Bonchev–Trinajstić information content (AvgIpc) is 2.34. The van der Waals surface area contributed by atoms with Crippen LogP contribution in [-0.2, 0) is 4.79 Å². The molecule has 0 radical (unpaired) electrons. The number of aliphatic hydroxyl groups excluding tert-OH is 1. The van der Waals surface area contributed by atoms with E-state index in [-0.39, 0.29) is 28.8 Å². The summed E-state index contributed by atoms with van der Waals surface area (Å²) >= 11 is -0.290. The van der Waals surface area contributed by atoms with Gasteiger partial charge in [0.2, 0.25) is 5.91 Å². The molecule has 1 aromatic rings. The lowest BCUT2D eigenvalue weighted by Crippen LogP contribution is -2.39. The fourth-order valence-corrected chi connectivity index (χ4v) is 1.74. The Balaban J connectivity index is 2.60. The molecule has 0 aliphatic rings. The van der Waals surface area contributed by atoms with Gasteiger partial charge in [-0.2, -0.15) is 13.2 Å². The van der Waals surface area contributed by atoms with E-state index < -0.39 is 23.4 Å². The number of aliphatic hydroxyl groups is 1. The minimum atomic E-state index is -4.39. The molecule has 4 N–H and O–H groups in total. The molecule has 9 heteroatoms. The van der Waals surface area contributed by atoms with Crippen LogP contribution < -0.4 is 11.1 Å². The number of amides is 2. The highest BCUT2D eigenvalue weighted by Gasteiger charge is 2.29. The van der Waals surface area contributed by atoms with Gasteiger partial charge in [0.25, 0.3) is 5.91 Å². The van der Waals surface area contributed by atoms with Crippen molar-refractivity contribution in [1.29, 1.82) is 0 Å². The second-order valence-corrected chi connectivity index (χ2v) is 4.84. The van der Waals surface area contributed by atoms with Crippen molar-refractivity contribution in [1.82, 2.24) is 5.32 Å². The van der Waals surface area contributed by atoms with E-state index in [1.54, 1.807) is 0 Å². The zero-order valence-electron chi connectivity index (χ0n) is 9.98. The standard InChI is InChI=1S/C11H11F3N2O3S/c12-11(13,14)20-7-3-1-6(2-4-7)10(19)16-5-8(17)9(15)18/h1-4,8,17H,5H2,(H2,15,18)(H,16,19). The number of hydrogen-bond acceptors (Lipinski definition) is 4. The number of halogens is 3. The van der Waals surface area contributed by atoms with E-state index in [4.69, 9.17) is 10.8 Å². The van der Waals surface area contributed by atoms with Gasteiger partial charge in [0, 0.05) is 10.5 Å². The number of carbonyl (C=O) groups is 2. The van der Waals surface area contributed by atoms with Crippen molar-refractivity contribution in [3.8, 4) is 0 Å². The summed E-state index contributed by atoms with van der Waals surface area (Å²) in [6.45, 7) is -0.368. The second-order valence-electron chi connectivity index (χ2n) is 3.70. The Labute approximate surface area is 116 Å². The number of nitrogens with two attached hydrogens (primary N) is 1. The van der Waals surface area contributed by atoms with Crippen LogP contribution in [0.1, 0.15) is 10.4 Å². The van der Waals surface area contributed by atoms with E-state index in [1.807, 2.05) is 0 Å². The van der Waals surface area contributed by atoms with Crippen molar-refractivity contribution in [3.05, 3.63) is 29.8 Å². The number of nitrogens with one attached hydrogen (secondary N) is 1. The lowest BCUT2D eigenvalue weighted by molar-refractivity contribution is -0.125. The van der Waals surface area contributed by atoms with Crippen LogP contribution in [0.2, 0.25) is 0 Å². The number of hydrogen-bond donors (Lipinski definition) is 3. The first-order valence-electron chi connectivity index (χ1n) is 5.30. The SMILES string of the molecule is NC(=O)C(O)CNC(=O)c1ccc(SC(F)(F)F)cc1. The molecule has 0 heterocycles. The Morgan fingerprint density at radius 3 is 2.30 bits per heavy atom. The first-order valence-corrected chi connectivity index (χ1v) is 6.12. The van der Waals surface area contributed by atoms with Crippen LogP contribution in [-0.4, -0.2) is 35.1 Å². The molecule has 1 unspecified atom stereocenters. The molecule has 20 heavy (non-hydrogen) atoms. The molecule has 0 saturated heterocycles. The smallest absolute Gasteiger partial charge is 0.381 e. The molecule has 0 fully saturated rings. The monoisotopic (exact) mass is 308 g/mol. The third kappa shape index (κ3) is 5.49.